The first-order valence-electron chi connectivity index (χ1n) is 5.63. The Labute approximate surface area is 107 Å². The predicted octanol–water partition coefficient (Wildman–Crippen LogP) is 1.69. The van der Waals surface area contributed by atoms with Gasteiger partial charge in [-0.1, -0.05) is 6.07 Å². The Bertz CT molecular complexity index is 617. The second kappa shape index (κ2) is 4.23. The van der Waals surface area contributed by atoms with Gasteiger partial charge in [-0.2, -0.15) is 0 Å². The van der Waals surface area contributed by atoms with Crippen molar-refractivity contribution in [1.29, 1.82) is 0 Å². The molecule has 4 nitrogen and oxygen atoms in total. The molecule has 0 spiro atoms. The zero-order chi connectivity index (χ0) is 11.8. The van der Waals surface area contributed by atoms with Gasteiger partial charge < -0.3 is 5.32 Å². The third kappa shape index (κ3) is 1.79. The quantitative estimate of drug-likeness (QED) is 0.870. The first kappa shape index (κ1) is 10.9. The van der Waals surface area contributed by atoms with Crippen LogP contribution in [0.25, 0.3) is 10.9 Å². The molecule has 1 N–H and O–H groups in total. The second-order valence-electron chi connectivity index (χ2n) is 4.24. The first-order valence-corrected chi connectivity index (χ1v) is 6.43. The molecule has 17 heavy (non-hydrogen) atoms. The SMILES string of the molecule is O=c1c2c(Br)cccc2ncn1C1CCNC1. The lowest BCUT2D eigenvalue weighted by Gasteiger charge is -2.13. The summed E-state index contributed by atoms with van der Waals surface area (Å²) in [5, 5.41) is 3.93. The van der Waals surface area contributed by atoms with E-state index in [4.69, 9.17) is 0 Å². The lowest BCUT2D eigenvalue weighted by atomic mass is 10.2. The van der Waals surface area contributed by atoms with E-state index in [-0.39, 0.29) is 11.6 Å². The molecule has 1 saturated heterocycles. The third-order valence-electron chi connectivity index (χ3n) is 3.19. The number of hydrogen-bond acceptors (Lipinski definition) is 3. The van der Waals surface area contributed by atoms with Crippen molar-refractivity contribution in [3.05, 3.63) is 39.4 Å². The molecule has 0 bridgehead atoms. The van der Waals surface area contributed by atoms with Gasteiger partial charge in [0.2, 0.25) is 0 Å². The van der Waals surface area contributed by atoms with Crippen molar-refractivity contribution in [2.45, 2.75) is 12.5 Å². The number of hydrogen-bond donors (Lipinski definition) is 1. The zero-order valence-electron chi connectivity index (χ0n) is 9.19. The Balaban J connectivity index is 2.25. The van der Waals surface area contributed by atoms with Crippen LogP contribution in [0, 0.1) is 0 Å². The normalized spacial score (nSPS) is 19.9. The summed E-state index contributed by atoms with van der Waals surface area (Å²) in [6.07, 6.45) is 2.65. The maximum atomic E-state index is 12.4. The molecule has 1 aliphatic rings. The molecule has 0 saturated carbocycles. The fraction of sp³-hybridized carbons (Fsp3) is 0.333. The van der Waals surface area contributed by atoms with Crippen molar-refractivity contribution in [3.8, 4) is 0 Å². The van der Waals surface area contributed by atoms with Gasteiger partial charge in [-0.3, -0.25) is 9.36 Å². The molecule has 1 aliphatic heterocycles. The van der Waals surface area contributed by atoms with E-state index in [0.29, 0.717) is 5.39 Å². The van der Waals surface area contributed by atoms with Crippen molar-refractivity contribution in [2.24, 2.45) is 0 Å². The van der Waals surface area contributed by atoms with Gasteiger partial charge in [0.05, 0.1) is 23.3 Å². The van der Waals surface area contributed by atoms with Gasteiger partial charge in [-0.25, -0.2) is 4.98 Å². The van der Waals surface area contributed by atoms with Gasteiger partial charge in [0.1, 0.15) is 0 Å². The average molecular weight is 294 g/mol. The molecular formula is C12H12BrN3O. The zero-order valence-corrected chi connectivity index (χ0v) is 10.8. The highest BCUT2D eigenvalue weighted by Gasteiger charge is 2.19. The summed E-state index contributed by atoms with van der Waals surface area (Å²) in [6.45, 7) is 1.81. The lowest BCUT2D eigenvalue weighted by Crippen LogP contribution is -2.26. The molecule has 3 rings (SSSR count). The number of fused-ring (bicyclic) bond motifs is 1. The van der Waals surface area contributed by atoms with Crippen molar-refractivity contribution in [2.75, 3.05) is 13.1 Å². The Kier molecular flexibility index (Phi) is 2.72. The van der Waals surface area contributed by atoms with Gasteiger partial charge in [-0.15, -0.1) is 0 Å². The summed E-state index contributed by atoms with van der Waals surface area (Å²) in [6, 6.07) is 5.85. The molecule has 1 aromatic heterocycles. The van der Waals surface area contributed by atoms with E-state index in [1.807, 2.05) is 18.2 Å². The van der Waals surface area contributed by atoms with E-state index in [2.05, 4.69) is 26.2 Å². The maximum Gasteiger partial charge on any atom is 0.262 e. The minimum atomic E-state index is 0.0381. The topological polar surface area (TPSA) is 46.9 Å². The van der Waals surface area contributed by atoms with Crippen LogP contribution in [0.4, 0.5) is 0 Å². The van der Waals surface area contributed by atoms with Crippen LogP contribution in [0.3, 0.4) is 0 Å². The number of nitrogens with one attached hydrogen (secondary N) is 1. The van der Waals surface area contributed by atoms with Crippen LogP contribution in [0.15, 0.2) is 33.8 Å². The smallest absolute Gasteiger partial charge is 0.262 e. The molecule has 0 amide bonds. The average Bonchev–Trinajstić information content (AvgIpc) is 2.83. The molecule has 1 aromatic carbocycles. The summed E-state index contributed by atoms with van der Waals surface area (Å²) in [7, 11) is 0. The summed E-state index contributed by atoms with van der Waals surface area (Å²) in [5.74, 6) is 0. The molecule has 0 aliphatic carbocycles. The van der Waals surface area contributed by atoms with E-state index < -0.39 is 0 Å². The number of aromatic nitrogens is 2. The van der Waals surface area contributed by atoms with Gasteiger partial charge >= 0.3 is 0 Å². The number of benzene rings is 1. The molecule has 2 aromatic rings. The Morgan fingerprint density at radius 2 is 2.35 bits per heavy atom. The second-order valence-corrected chi connectivity index (χ2v) is 5.09. The molecule has 1 fully saturated rings. The highest BCUT2D eigenvalue weighted by Crippen LogP contribution is 2.20. The highest BCUT2D eigenvalue weighted by molar-refractivity contribution is 9.10. The lowest BCUT2D eigenvalue weighted by molar-refractivity contribution is 0.525. The summed E-state index contributed by atoms with van der Waals surface area (Å²) < 4.78 is 2.56. The van der Waals surface area contributed by atoms with Crippen LogP contribution in [0.2, 0.25) is 0 Å². The van der Waals surface area contributed by atoms with Crippen LogP contribution in [0.1, 0.15) is 12.5 Å². The number of halogens is 1. The van der Waals surface area contributed by atoms with E-state index in [0.717, 1.165) is 29.5 Å². The highest BCUT2D eigenvalue weighted by atomic mass is 79.9. The Morgan fingerprint density at radius 1 is 1.47 bits per heavy atom. The van der Waals surface area contributed by atoms with Crippen LogP contribution in [-0.4, -0.2) is 22.6 Å². The minimum absolute atomic E-state index is 0.0381. The largest absolute Gasteiger partial charge is 0.315 e. The Hall–Kier alpha value is -1.20. The van der Waals surface area contributed by atoms with E-state index in [1.165, 1.54) is 0 Å². The Morgan fingerprint density at radius 3 is 3.12 bits per heavy atom. The summed E-state index contributed by atoms with van der Waals surface area (Å²) >= 11 is 3.42. The molecule has 5 heteroatoms. The molecular weight excluding hydrogens is 282 g/mol. The number of nitrogens with zero attached hydrogens (tertiary/aromatic N) is 2. The maximum absolute atomic E-state index is 12.4. The predicted molar refractivity (Wildman–Crippen MR) is 70.2 cm³/mol. The van der Waals surface area contributed by atoms with Gasteiger partial charge in [0, 0.05) is 11.0 Å². The first-order chi connectivity index (χ1) is 8.27. The summed E-state index contributed by atoms with van der Waals surface area (Å²) in [4.78, 5) is 16.8. The van der Waals surface area contributed by atoms with Gasteiger partial charge in [-0.05, 0) is 41.0 Å². The van der Waals surface area contributed by atoms with Crippen molar-refractivity contribution >= 4 is 26.8 Å². The van der Waals surface area contributed by atoms with Gasteiger partial charge in [0.25, 0.3) is 5.56 Å². The summed E-state index contributed by atoms with van der Waals surface area (Å²) in [5.41, 5.74) is 0.780. The van der Waals surface area contributed by atoms with Crippen LogP contribution >= 0.6 is 15.9 Å². The van der Waals surface area contributed by atoms with Crippen molar-refractivity contribution in [3.63, 3.8) is 0 Å². The third-order valence-corrected chi connectivity index (χ3v) is 3.85. The van der Waals surface area contributed by atoms with E-state index >= 15 is 0 Å². The van der Waals surface area contributed by atoms with Crippen molar-refractivity contribution < 1.29 is 0 Å². The van der Waals surface area contributed by atoms with Crippen LogP contribution in [0.5, 0.6) is 0 Å². The van der Waals surface area contributed by atoms with E-state index in [9.17, 15) is 4.79 Å². The standard InChI is InChI=1S/C12H12BrN3O/c13-9-2-1-3-10-11(9)12(17)16(7-15-10)8-4-5-14-6-8/h1-3,7-8,14H,4-6H2. The molecule has 0 radical (unpaired) electrons. The van der Waals surface area contributed by atoms with E-state index in [1.54, 1.807) is 10.9 Å². The van der Waals surface area contributed by atoms with Crippen molar-refractivity contribution in [1.82, 2.24) is 14.9 Å². The monoisotopic (exact) mass is 293 g/mol. The van der Waals surface area contributed by atoms with Crippen LogP contribution in [-0.2, 0) is 0 Å². The molecule has 88 valence electrons. The molecule has 2 heterocycles. The minimum Gasteiger partial charge on any atom is -0.315 e. The van der Waals surface area contributed by atoms with Crippen LogP contribution < -0.4 is 10.9 Å². The fourth-order valence-corrected chi connectivity index (χ4v) is 2.80. The number of rotatable bonds is 1. The molecule has 1 atom stereocenters. The fourth-order valence-electron chi connectivity index (χ4n) is 2.27. The van der Waals surface area contributed by atoms with Gasteiger partial charge in [0.15, 0.2) is 0 Å². The molecule has 1 unspecified atom stereocenters.